The molecule has 0 unspecified atom stereocenters. The lowest BCUT2D eigenvalue weighted by atomic mass is 10.3. The van der Waals surface area contributed by atoms with Crippen molar-refractivity contribution >= 4 is 17.5 Å². The second kappa shape index (κ2) is 8.31. The molecule has 0 fully saturated rings. The number of aromatic nitrogens is 3. The lowest BCUT2D eigenvalue weighted by Gasteiger charge is -2.17. The van der Waals surface area contributed by atoms with E-state index < -0.39 is 0 Å². The number of hydrogen-bond acceptors (Lipinski definition) is 6. The Kier molecular flexibility index (Phi) is 6.14. The monoisotopic (exact) mass is 315 g/mol. The standard InChI is InChI=1S/C17H25N5O/c1-5-6-11-22(4)16-12-18-21-17(20-16)19-14-7-9-15(10-8-14)23-13(2)3/h7-10,12-13H,5-6,11H2,1-4H3,(H,19,20,21). The Morgan fingerprint density at radius 3 is 2.61 bits per heavy atom. The Hall–Kier alpha value is -2.37. The smallest absolute Gasteiger partial charge is 0.249 e. The number of unbranched alkanes of at least 4 members (excludes halogenated alkanes) is 1. The van der Waals surface area contributed by atoms with Crippen LogP contribution in [0.4, 0.5) is 17.5 Å². The van der Waals surface area contributed by atoms with E-state index in [1.165, 1.54) is 0 Å². The van der Waals surface area contributed by atoms with Crippen LogP contribution in [-0.2, 0) is 0 Å². The summed E-state index contributed by atoms with van der Waals surface area (Å²) in [7, 11) is 2.02. The molecular formula is C17H25N5O. The number of anilines is 3. The summed E-state index contributed by atoms with van der Waals surface area (Å²) in [5.41, 5.74) is 0.899. The van der Waals surface area contributed by atoms with Crippen molar-refractivity contribution in [3.8, 4) is 5.75 Å². The van der Waals surface area contributed by atoms with E-state index in [0.717, 1.165) is 36.6 Å². The van der Waals surface area contributed by atoms with Crippen molar-refractivity contribution in [2.24, 2.45) is 0 Å². The van der Waals surface area contributed by atoms with Gasteiger partial charge in [0.25, 0.3) is 0 Å². The third-order valence-corrected chi connectivity index (χ3v) is 3.27. The van der Waals surface area contributed by atoms with Crippen LogP contribution in [-0.4, -0.2) is 34.9 Å². The van der Waals surface area contributed by atoms with Gasteiger partial charge in [0.1, 0.15) is 5.75 Å². The van der Waals surface area contributed by atoms with Crippen molar-refractivity contribution < 1.29 is 4.74 Å². The lowest BCUT2D eigenvalue weighted by molar-refractivity contribution is 0.242. The van der Waals surface area contributed by atoms with Crippen molar-refractivity contribution in [1.82, 2.24) is 15.2 Å². The van der Waals surface area contributed by atoms with Crippen molar-refractivity contribution in [3.05, 3.63) is 30.5 Å². The molecule has 0 spiro atoms. The average Bonchev–Trinajstić information content (AvgIpc) is 2.54. The molecule has 6 nitrogen and oxygen atoms in total. The van der Waals surface area contributed by atoms with Crippen molar-refractivity contribution in [2.45, 2.75) is 39.7 Å². The van der Waals surface area contributed by atoms with Gasteiger partial charge < -0.3 is 15.0 Å². The topological polar surface area (TPSA) is 63.2 Å². The average molecular weight is 315 g/mol. The summed E-state index contributed by atoms with van der Waals surface area (Å²) in [5.74, 6) is 2.15. The fourth-order valence-corrected chi connectivity index (χ4v) is 2.06. The molecule has 2 rings (SSSR count). The Labute approximate surface area is 137 Å². The molecule has 0 atom stereocenters. The first-order valence-corrected chi connectivity index (χ1v) is 8.03. The third kappa shape index (κ3) is 5.39. The van der Waals surface area contributed by atoms with Gasteiger partial charge in [0.05, 0.1) is 12.3 Å². The van der Waals surface area contributed by atoms with E-state index in [9.17, 15) is 0 Å². The molecule has 0 amide bonds. The van der Waals surface area contributed by atoms with E-state index in [-0.39, 0.29) is 6.10 Å². The molecule has 1 aromatic carbocycles. The molecule has 0 aliphatic heterocycles. The SMILES string of the molecule is CCCCN(C)c1cnnc(Nc2ccc(OC(C)C)cc2)n1. The van der Waals surface area contributed by atoms with Crippen LogP contribution in [0.25, 0.3) is 0 Å². The Morgan fingerprint density at radius 1 is 1.22 bits per heavy atom. The highest BCUT2D eigenvalue weighted by Gasteiger charge is 2.06. The predicted molar refractivity (Wildman–Crippen MR) is 93.5 cm³/mol. The zero-order chi connectivity index (χ0) is 16.7. The van der Waals surface area contributed by atoms with Crippen LogP contribution in [0.5, 0.6) is 5.75 Å². The van der Waals surface area contributed by atoms with Crippen LogP contribution < -0.4 is 15.0 Å². The van der Waals surface area contributed by atoms with E-state index in [2.05, 4.69) is 32.3 Å². The van der Waals surface area contributed by atoms with Crippen molar-refractivity contribution in [3.63, 3.8) is 0 Å². The number of ether oxygens (including phenoxy) is 1. The van der Waals surface area contributed by atoms with E-state index in [1.54, 1.807) is 6.20 Å². The molecule has 0 aliphatic rings. The fourth-order valence-electron chi connectivity index (χ4n) is 2.06. The molecule has 124 valence electrons. The molecule has 0 saturated carbocycles. The number of benzene rings is 1. The molecule has 23 heavy (non-hydrogen) atoms. The first kappa shape index (κ1) is 17.0. The van der Waals surface area contributed by atoms with Crippen LogP contribution >= 0.6 is 0 Å². The molecule has 0 saturated heterocycles. The van der Waals surface area contributed by atoms with Crippen LogP contribution in [0, 0.1) is 0 Å². The molecule has 2 aromatic rings. The van der Waals surface area contributed by atoms with Crippen LogP contribution in [0.2, 0.25) is 0 Å². The van der Waals surface area contributed by atoms with Crippen molar-refractivity contribution in [2.75, 3.05) is 23.8 Å². The predicted octanol–water partition coefficient (Wildman–Crippen LogP) is 3.64. The van der Waals surface area contributed by atoms with E-state index in [4.69, 9.17) is 4.74 Å². The summed E-state index contributed by atoms with van der Waals surface area (Å²) in [5, 5.41) is 11.2. The van der Waals surface area contributed by atoms with Gasteiger partial charge >= 0.3 is 0 Å². The second-order valence-corrected chi connectivity index (χ2v) is 5.73. The largest absolute Gasteiger partial charge is 0.491 e. The lowest BCUT2D eigenvalue weighted by Crippen LogP contribution is -2.20. The van der Waals surface area contributed by atoms with E-state index in [1.807, 2.05) is 45.2 Å². The number of nitrogens with zero attached hydrogens (tertiary/aromatic N) is 4. The molecule has 0 bridgehead atoms. The fraction of sp³-hybridized carbons (Fsp3) is 0.471. The Bertz CT molecular complexity index is 600. The summed E-state index contributed by atoms with van der Waals surface area (Å²) in [6.07, 6.45) is 4.12. The molecule has 1 heterocycles. The van der Waals surface area contributed by atoms with Crippen LogP contribution in [0.15, 0.2) is 30.5 Å². The first-order chi connectivity index (χ1) is 11.1. The van der Waals surface area contributed by atoms with Crippen LogP contribution in [0.3, 0.4) is 0 Å². The number of hydrogen-bond donors (Lipinski definition) is 1. The highest BCUT2D eigenvalue weighted by molar-refractivity contribution is 5.55. The second-order valence-electron chi connectivity index (χ2n) is 5.73. The summed E-state index contributed by atoms with van der Waals surface area (Å²) in [6.45, 7) is 7.14. The number of nitrogens with one attached hydrogen (secondary N) is 1. The van der Waals surface area contributed by atoms with Gasteiger partial charge in [-0.1, -0.05) is 13.3 Å². The van der Waals surface area contributed by atoms with Gasteiger partial charge in [-0.15, -0.1) is 5.10 Å². The zero-order valence-corrected chi connectivity index (χ0v) is 14.3. The van der Waals surface area contributed by atoms with Gasteiger partial charge in [-0.3, -0.25) is 0 Å². The molecule has 6 heteroatoms. The van der Waals surface area contributed by atoms with Gasteiger partial charge in [-0.05, 0) is 44.5 Å². The Balaban J connectivity index is 2.02. The van der Waals surface area contributed by atoms with E-state index >= 15 is 0 Å². The van der Waals surface area contributed by atoms with Gasteiger partial charge in [0, 0.05) is 19.3 Å². The summed E-state index contributed by atoms with van der Waals surface area (Å²) >= 11 is 0. The minimum Gasteiger partial charge on any atom is -0.491 e. The third-order valence-electron chi connectivity index (χ3n) is 3.27. The molecular weight excluding hydrogens is 290 g/mol. The maximum absolute atomic E-state index is 5.63. The first-order valence-electron chi connectivity index (χ1n) is 8.03. The Morgan fingerprint density at radius 2 is 1.96 bits per heavy atom. The quantitative estimate of drug-likeness (QED) is 0.802. The molecule has 0 radical (unpaired) electrons. The summed E-state index contributed by atoms with van der Waals surface area (Å²) < 4.78 is 5.63. The maximum atomic E-state index is 5.63. The highest BCUT2D eigenvalue weighted by Crippen LogP contribution is 2.19. The molecule has 0 aliphatic carbocycles. The van der Waals surface area contributed by atoms with E-state index in [0.29, 0.717) is 5.95 Å². The minimum absolute atomic E-state index is 0.164. The maximum Gasteiger partial charge on any atom is 0.249 e. The van der Waals surface area contributed by atoms with Gasteiger partial charge in [0.15, 0.2) is 5.82 Å². The van der Waals surface area contributed by atoms with Gasteiger partial charge in [0.2, 0.25) is 5.95 Å². The minimum atomic E-state index is 0.164. The summed E-state index contributed by atoms with van der Waals surface area (Å²) in [6, 6.07) is 7.73. The van der Waals surface area contributed by atoms with Crippen LogP contribution in [0.1, 0.15) is 33.6 Å². The number of rotatable bonds is 8. The highest BCUT2D eigenvalue weighted by atomic mass is 16.5. The molecule has 1 aromatic heterocycles. The zero-order valence-electron chi connectivity index (χ0n) is 14.3. The molecule has 1 N–H and O–H groups in total. The normalized spacial score (nSPS) is 10.7. The van der Waals surface area contributed by atoms with Gasteiger partial charge in [-0.2, -0.15) is 10.1 Å². The summed E-state index contributed by atoms with van der Waals surface area (Å²) in [4.78, 5) is 6.59. The van der Waals surface area contributed by atoms with Gasteiger partial charge in [-0.25, -0.2) is 0 Å². The van der Waals surface area contributed by atoms with Crippen molar-refractivity contribution in [1.29, 1.82) is 0 Å².